The molecule has 4 atom stereocenters. The summed E-state index contributed by atoms with van der Waals surface area (Å²) in [5.74, 6) is 1.31. The van der Waals surface area contributed by atoms with Crippen molar-refractivity contribution in [2.24, 2.45) is 5.92 Å². The molecule has 1 aromatic heterocycles. The zero-order valence-corrected chi connectivity index (χ0v) is 36.3. The molecule has 1 aliphatic carbocycles. The van der Waals surface area contributed by atoms with Crippen LogP contribution in [-0.2, 0) is 38.0 Å². The molecule has 5 rings (SSSR count). The summed E-state index contributed by atoms with van der Waals surface area (Å²) in [6, 6.07) is 16.0. The summed E-state index contributed by atoms with van der Waals surface area (Å²) in [4.78, 5) is 51.0. The van der Waals surface area contributed by atoms with Crippen LogP contribution in [0.3, 0.4) is 0 Å². The van der Waals surface area contributed by atoms with Crippen molar-refractivity contribution in [3.63, 3.8) is 0 Å². The lowest BCUT2D eigenvalue weighted by atomic mass is 9.84. The normalized spacial score (nSPS) is 18.4. The molecule has 1 saturated carbocycles. The van der Waals surface area contributed by atoms with Gasteiger partial charge in [-0.1, -0.05) is 37.1 Å². The van der Waals surface area contributed by atoms with E-state index in [1.165, 1.54) is 0 Å². The van der Waals surface area contributed by atoms with Crippen molar-refractivity contribution in [1.29, 1.82) is 0 Å². The van der Waals surface area contributed by atoms with E-state index >= 15 is 0 Å². The number of nitrogens with one attached hydrogen (secondary N) is 3. The van der Waals surface area contributed by atoms with E-state index < -0.39 is 33.9 Å². The molecule has 16 nitrogen and oxygen atoms in total. The quantitative estimate of drug-likeness (QED) is 0.0944. The maximum atomic E-state index is 13.7. The van der Waals surface area contributed by atoms with Crippen molar-refractivity contribution in [1.82, 2.24) is 20.6 Å². The Kier molecular flexibility index (Phi) is 16.8. The Bertz CT molecular complexity index is 1990. The fourth-order valence-electron chi connectivity index (χ4n) is 7.44. The largest absolute Gasteiger partial charge is 0.444 e. The minimum Gasteiger partial charge on any atom is -0.444 e. The molecule has 2 aliphatic rings. The standard InChI is InChI=1S/C43H60N6O10S/c1-29(45-40(50)33-13-11-31(12-14-33)32-15-17-35(18-16-32)48-42(52)59-43(3,4)5)36-28-39(47-30(2)46-36)49-37-10-8-7-9-34(37)27-38(49)41(51)44-19-20-55-21-22-56-23-24-57-25-26-58-60(6,53)54/h11-18,28-29,34,37-38H,7-10,19-27H2,1-6H3,(H,44,51)(H,45,50)(H,48,52)/t29-,34-,37-,38-/m0/s1. The van der Waals surface area contributed by atoms with Crippen LogP contribution < -0.4 is 20.9 Å². The fraction of sp³-hybridized carbons (Fsp3) is 0.558. The molecule has 0 radical (unpaired) electrons. The molecular formula is C43H60N6O10S. The lowest BCUT2D eigenvalue weighted by Gasteiger charge is -2.35. The number of fused-ring (bicyclic) bond motifs is 1. The highest BCUT2D eigenvalue weighted by Gasteiger charge is 2.46. The minimum atomic E-state index is -3.48. The van der Waals surface area contributed by atoms with Crippen molar-refractivity contribution in [2.45, 2.75) is 90.4 Å². The molecule has 0 bridgehead atoms. The topological polar surface area (TPSA) is 197 Å². The van der Waals surface area contributed by atoms with Gasteiger partial charge in [0, 0.05) is 29.9 Å². The summed E-state index contributed by atoms with van der Waals surface area (Å²) in [6.07, 6.45) is 5.47. The number of benzene rings is 2. The molecule has 2 fully saturated rings. The number of anilines is 2. The molecule has 3 amide bonds. The zero-order chi connectivity index (χ0) is 43.3. The van der Waals surface area contributed by atoms with Crippen molar-refractivity contribution >= 4 is 39.5 Å². The molecule has 60 heavy (non-hydrogen) atoms. The monoisotopic (exact) mass is 852 g/mol. The third-order valence-corrected chi connectivity index (χ3v) is 10.7. The fourth-order valence-corrected chi connectivity index (χ4v) is 7.81. The SMILES string of the molecule is Cc1nc([C@H](C)NC(=O)c2ccc(-c3ccc(NC(=O)OC(C)(C)C)cc3)cc2)cc(N2[C@H](C(=O)NCCOCCOCCOCCOS(C)(=O)=O)C[C@@H]3CCCC[C@@H]32)n1. The van der Waals surface area contributed by atoms with Crippen molar-refractivity contribution in [3.8, 4) is 11.1 Å². The van der Waals surface area contributed by atoms with Gasteiger partial charge < -0.3 is 34.5 Å². The van der Waals surface area contributed by atoms with Crippen LogP contribution in [0.4, 0.5) is 16.3 Å². The zero-order valence-electron chi connectivity index (χ0n) is 35.5. The molecule has 0 spiro atoms. The molecule has 3 aromatic rings. The van der Waals surface area contributed by atoms with E-state index in [1.807, 2.05) is 65.0 Å². The molecule has 2 aromatic carbocycles. The summed E-state index contributed by atoms with van der Waals surface area (Å²) in [5.41, 5.74) is 3.02. The highest BCUT2D eigenvalue weighted by molar-refractivity contribution is 7.85. The van der Waals surface area contributed by atoms with Crippen LogP contribution in [0.5, 0.6) is 0 Å². The van der Waals surface area contributed by atoms with Crippen LogP contribution >= 0.6 is 0 Å². The highest BCUT2D eigenvalue weighted by Crippen LogP contribution is 2.42. The lowest BCUT2D eigenvalue weighted by Crippen LogP contribution is -2.48. The first-order chi connectivity index (χ1) is 28.6. The molecule has 2 heterocycles. The van der Waals surface area contributed by atoms with Gasteiger partial charge in [-0.15, -0.1) is 0 Å². The number of carbonyl (C=O) groups is 3. The van der Waals surface area contributed by atoms with E-state index in [2.05, 4.69) is 25.0 Å². The van der Waals surface area contributed by atoms with E-state index in [0.29, 0.717) is 74.1 Å². The molecule has 1 aliphatic heterocycles. The number of aryl methyl sites for hydroxylation is 1. The predicted octanol–water partition coefficient (Wildman–Crippen LogP) is 5.57. The average molecular weight is 853 g/mol. The van der Waals surface area contributed by atoms with Gasteiger partial charge in [-0.05, 0) is 95.2 Å². The second-order valence-corrected chi connectivity index (χ2v) is 17.7. The lowest BCUT2D eigenvalue weighted by molar-refractivity contribution is -0.122. The Labute approximate surface area is 353 Å². The van der Waals surface area contributed by atoms with E-state index in [1.54, 1.807) is 24.3 Å². The number of carbonyl (C=O) groups excluding carboxylic acids is 3. The van der Waals surface area contributed by atoms with Crippen molar-refractivity contribution in [3.05, 3.63) is 71.7 Å². The highest BCUT2D eigenvalue weighted by atomic mass is 32.2. The third kappa shape index (κ3) is 14.5. The first-order valence-electron chi connectivity index (χ1n) is 20.6. The van der Waals surface area contributed by atoms with Crippen LogP contribution in [0.1, 0.15) is 87.7 Å². The maximum Gasteiger partial charge on any atom is 0.412 e. The molecule has 3 N–H and O–H groups in total. The van der Waals surface area contributed by atoms with Gasteiger partial charge in [0.25, 0.3) is 16.0 Å². The Hall–Kier alpha value is -4.68. The van der Waals surface area contributed by atoms with Gasteiger partial charge in [0.1, 0.15) is 23.3 Å². The Balaban J connectivity index is 1.12. The van der Waals surface area contributed by atoms with Gasteiger partial charge in [-0.2, -0.15) is 8.42 Å². The Morgan fingerprint density at radius 3 is 2.08 bits per heavy atom. The Morgan fingerprint density at radius 1 is 0.850 bits per heavy atom. The first-order valence-corrected chi connectivity index (χ1v) is 22.4. The van der Waals surface area contributed by atoms with Crippen LogP contribution in [0.2, 0.25) is 0 Å². The summed E-state index contributed by atoms with van der Waals surface area (Å²) in [7, 11) is -3.48. The van der Waals surface area contributed by atoms with Gasteiger partial charge in [0.15, 0.2) is 0 Å². The second kappa shape index (κ2) is 21.7. The maximum absolute atomic E-state index is 13.7. The van der Waals surface area contributed by atoms with Crippen LogP contribution in [0.25, 0.3) is 11.1 Å². The molecule has 17 heteroatoms. The predicted molar refractivity (Wildman–Crippen MR) is 227 cm³/mol. The summed E-state index contributed by atoms with van der Waals surface area (Å²) < 4.78 is 48.2. The second-order valence-electron chi connectivity index (χ2n) is 16.1. The van der Waals surface area contributed by atoms with Gasteiger partial charge in [0.05, 0.1) is 64.2 Å². The van der Waals surface area contributed by atoms with E-state index in [4.69, 9.17) is 28.9 Å². The smallest absolute Gasteiger partial charge is 0.412 e. The number of ether oxygens (including phenoxy) is 4. The van der Waals surface area contributed by atoms with Gasteiger partial charge in [0.2, 0.25) is 5.91 Å². The summed E-state index contributed by atoms with van der Waals surface area (Å²) in [5, 5.41) is 8.88. The van der Waals surface area contributed by atoms with E-state index in [-0.39, 0.29) is 31.1 Å². The van der Waals surface area contributed by atoms with Crippen molar-refractivity contribution < 1.29 is 45.9 Å². The molecule has 328 valence electrons. The van der Waals surface area contributed by atoms with Gasteiger partial charge in [-0.25, -0.2) is 14.8 Å². The van der Waals surface area contributed by atoms with Gasteiger partial charge >= 0.3 is 6.09 Å². The van der Waals surface area contributed by atoms with Crippen LogP contribution in [0.15, 0.2) is 54.6 Å². The summed E-state index contributed by atoms with van der Waals surface area (Å²) in [6.45, 7) is 11.3. The molecular weight excluding hydrogens is 793 g/mol. The number of hydrogen-bond acceptors (Lipinski definition) is 13. The molecule has 0 unspecified atom stereocenters. The third-order valence-electron chi connectivity index (χ3n) is 10.1. The number of nitrogens with zero attached hydrogens (tertiary/aromatic N) is 3. The van der Waals surface area contributed by atoms with Crippen LogP contribution in [0, 0.1) is 12.8 Å². The number of hydrogen-bond donors (Lipinski definition) is 3. The Morgan fingerprint density at radius 2 is 1.45 bits per heavy atom. The average Bonchev–Trinajstić information content (AvgIpc) is 3.58. The van der Waals surface area contributed by atoms with Crippen LogP contribution in [-0.4, -0.2) is 113 Å². The molecule has 1 saturated heterocycles. The van der Waals surface area contributed by atoms with Gasteiger partial charge in [-0.3, -0.25) is 19.1 Å². The first kappa shape index (κ1) is 46.4. The number of amides is 3. The van der Waals surface area contributed by atoms with Crippen molar-refractivity contribution in [2.75, 3.05) is 69.3 Å². The minimum absolute atomic E-state index is 0.0386. The van der Waals surface area contributed by atoms with E-state index in [0.717, 1.165) is 49.5 Å². The number of rotatable bonds is 20. The van der Waals surface area contributed by atoms with E-state index in [9.17, 15) is 22.8 Å². The number of aromatic nitrogens is 2. The summed E-state index contributed by atoms with van der Waals surface area (Å²) >= 11 is 0.